The summed E-state index contributed by atoms with van der Waals surface area (Å²) < 4.78 is 30.2. The van der Waals surface area contributed by atoms with Crippen molar-refractivity contribution in [3.63, 3.8) is 0 Å². The van der Waals surface area contributed by atoms with Crippen LogP contribution in [0.5, 0.6) is 5.75 Å². The molecule has 2 rings (SSSR count). The molecule has 1 aromatic carbocycles. The molecule has 0 aromatic heterocycles. The molecule has 1 unspecified atom stereocenters. The van der Waals surface area contributed by atoms with Crippen LogP contribution in [0.2, 0.25) is 5.02 Å². The third kappa shape index (κ3) is 4.71. The minimum Gasteiger partial charge on any atom is -0.431 e. The fourth-order valence-corrected chi connectivity index (χ4v) is 3.82. The molecule has 0 bridgehead atoms. The van der Waals surface area contributed by atoms with Crippen LogP contribution in [0, 0.1) is 5.41 Å². The lowest BCUT2D eigenvalue weighted by Crippen LogP contribution is -2.32. The van der Waals surface area contributed by atoms with Gasteiger partial charge in [-0.15, -0.1) is 0 Å². The molecule has 2 nitrogen and oxygen atoms in total. The van der Waals surface area contributed by atoms with Gasteiger partial charge in [-0.25, -0.2) is 0 Å². The predicted octanol–water partition coefficient (Wildman–Crippen LogP) is 6.08. The second-order valence-electron chi connectivity index (χ2n) is 6.24. The highest BCUT2D eigenvalue weighted by Crippen LogP contribution is 2.41. The Balaban J connectivity index is 2.22. The number of anilines is 1. The molecule has 1 atom stereocenters. The largest absolute Gasteiger partial charge is 0.431 e. The quantitative estimate of drug-likeness (QED) is 0.681. The van der Waals surface area contributed by atoms with E-state index in [1.807, 2.05) is 0 Å². The van der Waals surface area contributed by atoms with Gasteiger partial charge in [0.2, 0.25) is 0 Å². The second-order valence-corrected chi connectivity index (χ2v) is 7.54. The summed E-state index contributed by atoms with van der Waals surface area (Å²) in [6.07, 6.45) is 4.31. The molecule has 0 saturated heterocycles. The summed E-state index contributed by atoms with van der Waals surface area (Å²) in [6, 6.07) is 3.42. The van der Waals surface area contributed by atoms with Gasteiger partial charge >= 0.3 is 6.61 Å². The van der Waals surface area contributed by atoms with Crippen LogP contribution in [0.25, 0.3) is 0 Å². The zero-order valence-electron chi connectivity index (χ0n) is 12.1. The Kier molecular flexibility index (Phi) is 5.36. The zero-order valence-corrected chi connectivity index (χ0v) is 14.4. The average Bonchev–Trinajstić information content (AvgIpc) is 2.32. The molecular weight excluding hydrogens is 364 g/mol. The Morgan fingerprint density at radius 1 is 1.43 bits per heavy atom. The molecular formula is C15H19BrClF2NO. The van der Waals surface area contributed by atoms with Gasteiger partial charge in [0.05, 0.1) is 10.2 Å². The summed E-state index contributed by atoms with van der Waals surface area (Å²) in [6.45, 7) is 1.59. The molecule has 118 valence electrons. The maximum absolute atomic E-state index is 12.6. The molecule has 1 N–H and O–H groups in total. The Bertz CT molecular complexity index is 511. The van der Waals surface area contributed by atoms with Crippen LogP contribution in [0.15, 0.2) is 16.6 Å². The van der Waals surface area contributed by atoms with E-state index in [9.17, 15) is 8.78 Å². The van der Waals surface area contributed by atoms with Gasteiger partial charge in [-0.05, 0) is 52.7 Å². The van der Waals surface area contributed by atoms with E-state index in [1.54, 1.807) is 12.1 Å². The summed E-state index contributed by atoms with van der Waals surface area (Å²) in [5, 5.41) is 3.79. The highest BCUT2D eigenvalue weighted by Gasteiger charge is 2.28. The minimum atomic E-state index is -2.87. The third-order valence-corrected chi connectivity index (χ3v) is 4.59. The highest BCUT2D eigenvalue weighted by molar-refractivity contribution is 9.10. The highest BCUT2D eigenvalue weighted by atomic mass is 79.9. The van der Waals surface area contributed by atoms with Crippen LogP contribution in [0.1, 0.15) is 39.5 Å². The monoisotopic (exact) mass is 381 g/mol. The molecule has 6 heteroatoms. The van der Waals surface area contributed by atoms with E-state index in [-0.39, 0.29) is 17.2 Å². The van der Waals surface area contributed by atoms with Crippen LogP contribution in [0.4, 0.5) is 14.5 Å². The van der Waals surface area contributed by atoms with E-state index >= 15 is 0 Å². The first-order valence-electron chi connectivity index (χ1n) is 6.97. The van der Waals surface area contributed by atoms with Crippen LogP contribution in [0.3, 0.4) is 0 Å². The van der Waals surface area contributed by atoms with Crippen molar-refractivity contribution < 1.29 is 13.5 Å². The van der Waals surface area contributed by atoms with E-state index in [1.165, 1.54) is 6.42 Å². The van der Waals surface area contributed by atoms with Crippen LogP contribution in [-0.4, -0.2) is 12.7 Å². The van der Waals surface area contributed by atoms with Crippen molar-refractivity contribution in [2.45, 2.75) is 52.2 Å². The molecule has 0 radical (unpaired) electrons. The molecule has 0 spiro atoms. The molecule has 1 saturated carbocycles. The van der Waals surface area contributed by atoms with Gasteiger partial charge in [0, 0.05) is 11.1 Å². The lowest BCUT2D eigenvalue weighted by atomic mass is 9.75. The normalized spacial score (nSPS) is 21.4. The summed E-state index contributed by atoms with van der Waals surface area (Å²) in [5.74, 6) is 0.109. The summed E-state index contributed by atoms with van der Waals surface area (Å²) >= 11 is 9.25. The van der Waals surface area contributed by atoms with Crippen molar-refractivity contribution in [1.82, 2.24) is 0 Å². The van der Waals surface area contributed by atoms with E-state index < -0.39 is 6.61 Å². The van der Waals surface area contributed by atoms with Crippen LogP contribution >= 0.6 is 27.5 Å². The van der Waals surface area contributed by atoms with Gasteiger partial charge < -0.3 is 10.1 Å². The van der Waals surface area contributed by atoms with Gasteiger partial charge in [0.1, 0.15) is 0 Å². The molecule has 1 fully saturated rings. The summed E-state index contributed by atoms with van der Waals surface area (Å²) in [4.78, 5) is 0. The number of alkyl halides is 2. The maximum atomic E-state index is 12.6. The standard InChI is InChI=1S/C15H19BrClF2NO/c1-15(2)5-3-4-10(8-15)20-12-7-9(17)6-11(16)13(12)21-14(18)19/h6-7,10,14,20H,3-5,8H2,1-2H3. The minimum absolute atomic E-state index is 0.109. The number of rotatable bonds is 4. The predicted molar refractivity (Wildman–Crippen MR) is 85.4 cm³/mol. The zero-order chi connectivity index (χ0) is 15.6. The van der Waals surface area contributed by atoms with Crippen molar-refractivity contribution in [3.8, 4) is 5.75 Å². The third-order valence-electron chi connectivity index (χ3n) is 3.78. The smallest absolute Gasteiger partial charge is 0.387 e. The summed E-state index contributed by atoms with van der Waals surface area (Å²) in [7, 11) is 0. The molecule has 21 heavy (non-hydrogen) atoms. The number of ether oxygens (including phenoxy) is 1. The van der Waals surface area contributed by atoms with Crippen molar-refractivity contribution in [2.24, 2.45) is 5.41 Å². The SMILES string of the molecule is CC1(C)CCCC(Nc2cc(Cl)cc(Br)c2OC(F)F)C1. The molecule has 0 amide bonds. The lowest BCUT2D eigenvalue weighted by molar-refractivity contribution is -0.0499. The van der Waals surface area contributed by atoms with Crippen molar-refractivity contribution >= 4 is 33.2 Å². The van der Waals surface area contributed by atoms with Gasteiger partial charge in [-0.3, -0.25) is 0 Å². The number of nitrogens with one attached hydrogen (secondary N) is 1. The Morgan fingerprint density at radius 3 is 2.76 bits per heavy atom. The van der Waals surface area contributed by atoms with E-state index in [2.05, 4.69) is 39.8 Å². The van der Waals surface area contributed by atoms with Crippen molar-refractivity contribution in [1.29, 1.82) is 0 Å². The van der Waals surface area contributed by atoms with E-state index in [0.29, 0.717) is 15.2 Å². The average molecular weight is 383 g/mol. The Hall–Kier alpha value is -0.550. The van der Waals surface area contributed by atoms with Gasteiger partial charge in [-0.2, -0.15) is 8.78 Å². The Morgan fingerprint density at radius 2 is 2.14 bits per heavy atom. The van der Waals surface area contributed by atoms with Gasteiger partial charge in [0.15, 0.2) is 5.75 Å². The topological polar surface area (TPSA) is 21.3 Å². The first-order chi connectivity index (χ1) is 9.77. The van der Waals surface area contributed by atoms with Crippen molar-refractivity contribution in [2.75, 3.05) is 5.32 Å². The fraction of sp³-hybridized carbons (Fsp3) is 0.600. The maximum Gasteiger partial charge on any atom is 0.387 e. The molecule has 0 heterocycles. The molecule has 1 aliphatic rings. The van der Waals surface area contributed by atoms with E-state index in [4.69, 9.17) is 11.6 Å². The molecule has 1 aliphatic carbocycles. The van der Waals surface area contributed by atoms with Crippen molar-refractivity contribution in [3.05, 3.63) is 21.6 Å². The fourth-order valence-electron chi connectivity index (χ4n) is 2.92. The Labute approximate surface area is 137 Å². The molecule has 0 aliphatic heterocycles. The second kappa shape index (κ2) is 6.69. The number of hydrogen-bond acceptors (Lipinski definition) is 2. The first-order valence-corrected chi connectivity index (χ1v) is 8.14. The number of halogens is 4. The summed E-state index contributed by atoms with van der Waals surface area (Å²) in [5.41, 5.74) is 0.771. The van der Waals surface area contributed by atoms with E-state index in [0.717, 1.165) is 19.3 Å². The first kappa shape index (κ1) is 16.8. The van der Waals surface area contributed by atoms with Gasteiger partial charge in [0.25, 0.3) is 0 Å². The molecule has 1 aromatic rings. The lowest BCUT2D eigenvalue weighted by Gasteiger charge is -2.36. The van der Waals surface area contributed by atoms with Crippen LogP contribution < -0.4 is 10.1 Å². The number of hydrogen-bond donors (Lipinski definition) is 1. The van der Waals surface area contributed by atoms with Crippen LogP contribution in [-0.2, 0) is 0 Å². The van der Waals surface area contributed by atoms with Gasteiger partial charge in [-0.1, -0.05) is 31.9 Å². The number of benzene rings is 1.